The van der Waals surface area contributed by atoms with E-state index in [0.29, 0.717) is 18.8 Å². The maximum Gasteiger partial charge on any atom is 0.273 e. The van der Waals surface area contributed by atoms with Crippen molar-refractivity contribution in [3.8, 4) is 22.8 Å². The largest absolute Gasteiger partial charge is 0.497 e. The Labute approximate surface area is 204 Å². The maximum atomic E-state index is 13.6. The van der Waals surface area contributed by atoms with Gasteiger partial charge in [-0.15, -0.1) is 0 Å². The molecule has 0 fully saturated rings. The van der Waals surface area contributed by atoms with Crippen LogP contribution in [0.15, 0.2) is 73.1 Å². The number of ether oxygens (including phenoxy) is 2. The molecule has 1 aliphatic rings. The van der Waals surface area contributed by atoms with Gasteiger partial charge >= 0.3 is 0 Å². The highest BCUT2D eigenvalue weighted by molar-refractivity contribution is 6.00. The van der Waals surface area contributed by atoms with Crippen LogP contribution in [0.1, 0.15) is 53.0 Å². The number of hydrogen-bond acceptors (Lipinski definition) is 5. The second kappa shape index (κ2) is 10.0. The Hall–Kier alpha value is -4.13. The van der Waals surface area contributed by atoms with Crippen molar-refractivity contribution in [3.05, 3.63) is 95.4 Å². The van der Waals surface area contributed by atoms with Crippen LogP contribution in [0.3, 0.4) is 0 Å². The minimum Gasteiger partial charge on any atom is -0.497 e. The number of aromatic nitrogens is 3. The van der Waals surface area contributed by atoms with Crippen molar-refractivity contribution in [3.63, 3.8) is 0 Å². The summed E-state index contributed by atoms with van der Waals surface area (Å²) < 4.78 is 11.3. The van der Waals surface area contributed by atoms with Gasteiger partial charge in [0.15, 0.2) is 0 Å². The number of fused-ring (bicyclic) bond motifs is 1. The Balaban J connectivity index is 1.58. The van der Waals surface area contributed by atoms with Gasteiger partial charge in [-0.3, -0.25) is 14.9 Å². The fraction of sp³-hybridized carbons (Fsp3) is 0.250. The smallest absolute Gasteiger partial charge is 0.273 e. The summed E-state index contributed by atoms with van der Waals surface area (Å²) in [6.07, 6.45) is 5.59. The van der Waals surface area contributed by atoms with E-state index in [1.807, 2.05) is 65.6 Å². The fourth-order valence-electron chi connectivity index (χ4n) is 4.47. The fourth-order valence-corrected chi connectivity index (χ4v) is 4.47. The summed E-state index contributed by atoms with van der Waals surface area (Å²) in [6.45, 7) is 3.24. The first-order chi connectivity index (χ1) is 17.2. The molecule has 2 aromatic carbocycles. The van der Waals surface area contributed by atoms with E-state index >= 15 is 0 Å². The first-order valence-corrected chi connectivity index (χ1v) is 11.8. The van der Waals surface area contributed by atoms with Gasteiger partial charge in [-0.1, -0.05) is 31.5 Å². The topological polar surface area (TPSA) is 80.3 Å². The van der Waals surface area contributed by atoms with Gasteiger partial charge in [0.2, 0.25) is 0 Å². The molecule has 1 N–H and O–H groups in total. The van der Waals surface area contributed by atoms with Gasteiger partial charge in [-0.25, -0.2) is 0 Å². The molecule has 0 aliphatic carbocycles. The van der Waals surface area contributed by atoms with Gasteiger partial charge in [-0.2, -0.15) is 5.10 Å². The number of pyridine rings is 1. The molecular formula is C28H28N4O3. The van der Waals surface area contributed by atoms with Crippen LogP contribution in [0, 0.1) is 0 Å². The number of nitrogens with one attached hydrogen (secondary N) is 1. The van der Waals surface area contributed by atoms with E-state index in [1.165, 1.54) is 0 Å². The molecule has 4 aromatic rings. The van der Waals surface area contributed by atoms with Crippen LogP contribution in [0.2, 0.25) is 0 Å². The summed E-state index contributed by atoms with van der Waals surface area (Å²) in [5.74, 6) is 1.48. The number of nitrogens with zero attached hydrogens (tertiary/aromatic N) is 3. The maximum absolute atomic E-state index is 13.6. The van der Waals surface area contributed by atoms with Crippen molar-refractivity contribution in [2.75, 3.05) is 13.7 Å². The lowest BCUT2D eigenvalue weighted by Crippen LogP contribution is -2.29. The van der Waals surface area contributed by atoms with E-state index in [1.54, 1.807) is 19.5 Å². The van der Waals surface area contributed by atoms with Crippen LogP contribution in [-0.4, -0.2) is 39.7 Å². The minimum absolute atomic E-state index is 0.0848. The van der Waals surface area contributed by atoms with E-state index in [2.05, 4.69) is 22.1 Å². The Morgan fingerprint density at radius 1 is 1.06 bits per heavy atom. The summed E-state index contributed by atoms with van der Waals surface area (Å²) in [7, 11) is 1.64. The van der Waals surface area contributed by atoms with Crippen molar-refractivity contribution in [2.45, 2.75) is 32.4 Å². The van der Waals surface area contributed by atoms with Crippen molar-refractivity contribution in [2.24, 2.45) is 0 Å². The quantitative estimate of drug-likeness (QED) is 0.333. The van der Waals surface area contributed by atoms with Crippen LogP contribution >= 0.6 is 0 Å². The molecule has 1 amide bonds. The first-order valence-electron chi connectivity index (χ1n) is 11.8. The lowest BCUT2D eigenvalue weighted by molar-refractivity contribution is 0.0729. The van der Waals surface area contributed by atoms with Crippen molar-refractivity contribution in [1.29, 1.82) is 0 Å². The third-order valence-electron chi connectivity index (χ3n) is 6.24. The molecule has 1 aliphatic heterocycles. The highest BCUT2D eigenvalue weighted by Gasteiger charge is 2.42. The van der Waals surface area contributed by atoms with Crippen LogP contribution < -0.4 is 9.47 Å². The zero-order chi connectivity index (χ0) is 24.2. The molecule has 0 saturated carbocycles. The van der Waals surface area contributed by atoms with E-state index < -0.39 is 0 Å². The monoisotopic (exact) mass is 468 g/mol. The Morgan fingerprint density at radius 3 is 2.66 bits per heavy atom. The van der Waals surface area contributed by atoms with Crippen LogP contribution in [0.25, 0.3) is 11.3 Å². The molecule has 0 spiro atoms. The second-order valence-corrected chi connectivity index (χ2v) is 8.56. The lowest BCUT2D eigenvalue weighted by atomic mass is 9.95. The SMILES string of the molecule is CCCCOc1cccc(C2c3c(-c4ccc(OC)cc4)n[nH]c3C(=O)N2Cc2cccnc2)c1. The molecule has 7 nitrogen and oxygen atoms in total. The van der Waals surface area contributed by atoms with Gasteiger partial charge in [-0.05, 0) is 60.0 Å². The Morgan fingerprint density at radius 2 is 1.91 bits per heavy atom. The molecule has 0 bridgehead atoms. The van der Waals surface area contributed by atoms with Gasteiger partial charge < -0.3 is 14.4 Å². The molecule has 2 aromatic heterocycles. The third kappa shape index (κ3) is 4.49. The average molecular weight is 469 g/mol. The highest BCUT2D eigenvalue weighted by Crippen LogP contribution is 2.44. The van der Waals surface area contributed by atoms with Gasteiger partial charge in [0, 0.05) is 30.1 Å². The Kier molecular flexibility index (Phi) is 6.48. The van der Waals surface area contributed by atoms with E-state index in [4.69, 9.17) is 9.47 Å². The van der Waals surface area contributed by atoms with Gasteiger partial charge in [0.1, 0.15) is 17.2 Å². The molecule has 5 rings (SSSR count). The molecule has 7 heteroatoms. The number of H-pyrrole nitrogens is 1. The van der Waals surface area contributed by atoms with Crippen LogP contribution in [0.5, 0.6) is 11.5 Å². The van der Waals surface area contributed by atoms with Gasteiger partial charge in [0.05, 0.1) is 25.5 Å². The van der Waals surface area contributed by atoms with E-state index in [9.17, 15) is 4.79 Å². The zero-order valence-corrected chi connectivity index (χ0v) is 19.9. The highest BCUT2D eigenvalue weighted by atomic mass is 16.5. The molecule has 0 radical (unpaired) electrons. The second-order valence-electron chi connectivity index (χ2n) is 8.56. The van der Waals surface area contributed by atoms with Crippen molar-refractivity contribution in [1.82, 2.24) is 20.1 Å². The number of unbranched alkanes of at least 4 members (excludes halogenated alkanes) is 1. The number of carbonyl (C=O) groups excluding carboxylic acids is 1. The predicted molar refractivity (Wildman–Crippen MR) is 133 cm³/mol. The number of rotatable bonds is 9. The van der Waals surface area contributed by atoms with Crippen molar-refractivity contribution < 1.29 is 14.3 Å². The number of hydrogen-bond donors (Lipinski definition) is 1. The molecule has 0 saturated heterocycles. The first kappa shape index (κ1) is 22.7. The van der Waals surface area contributed by atoms with Crippen LogP contribution in [0.4, 0.5) is 0 Å². The van der Waals surface area contributed by atoms with Crippen molar-refractivity contribution >= 4 is 5.91 Å². The minimum atomic E-state index is -0.316. The number of carbonyl (C=O) groups is 1. The van der Waals surface area contributed by atoms with E-state index in [0.717, 1.165) is 52.3 Å². The molecular weight excluding hydrogens is 440 g/mol. The van der Waals surface area contributed by atoms with Gasteiger partial charge in [0.25, 0.3) is 5.91 Å². The summed E-state index contributed by atoms with van der Waals surface area (Å²) >= 11 is 0. The average Bonchev–Trinajstić information content (AvgIpc) is 3.44. The Bertz CT molecular complexity index is 1300. The predicted octanol–water partition coefficient (Wildman–Crippen LogP) is 5.40. The number of aromatic amines is 1. The standard InChI is InChI=1S/C28H28N4O3/c1-3-4-15-35-23-9-5-8-21(16-23)27-24-25(20-10-12-22(34-2)13-11-20)30-31-26(24)28(33)32(27)18-19-7-6-14-29-17-19/h5-14,16-17,27H,3-4,15,18H2,1-2H3,(H,30,31). The molecule has 3 heterocycles. The third-order valence-corrected chi connectivity index (χ3v) is 6.24. The summed E-state index contributed by atoms with van der Waals surface area (Å²) in [4.78, 5) is 19.7. The number of amides is 1. The summed E-state index contributed by atoms with van der Waals surface area (Å²) in [6, 6.07) is 19.3. The normalized spacial score (nSPS) is 14.7. The number of methoxy groups -OCH3 is 1. The molecule has 1 unspecified atom stereocenters. The van der Waals surface area contributed by atoms with Crippen LogP contribution in [-0.2, 0) is 6.54 Å². The molecule has 178 valence electrons. The van der Waals surface area contributed by atoms with E-state index in [-0.39, 0.29) is 11.9 Å². The summed E-state index contributed by atoms with van der Waals surface area (Å²) in [5.41, 5.74) is 5.00. The number of benzene rings is 2. The zero-order valence-electron chi connectivity index (χ0n) is 19.9. The molecule has 1 atom stereocenters. The summed E-state index contributed by atoms with van der Waals surface area (Å²) in [5, 5.41) is 7.57. The molecule has 35 heavy (non-hydrogen) atoms. The lowest BCUT2D eigenvalue weighted by Gasteiger charge is -2.26.